The molecule has 0 radical (unpaired) electrons. The minimum Gasteiger partial charge on any atom is -0.386 e. The average molecular weight is 283 g/mol. The zero-order chi connectivity index (χ0) is 14.5. The van der Waals surface area contributed by atoms with Gasteiger partial charge in [0.15, 0.2) is 0 Å². The van der Waals surface area contributed by atoms with Crippen LogP contribution in [0, 0.1) is 0 Å². The van der Waals surface area contributed by atoms with Crippen LogP contribution in [0.2, 0.25) is 0 Å². The van der Waals surface area contributed by atoms with E-state index in [2.05, 4.69) is 29.2 Å². The maximum atomic E-state index is 10.5. The number of benzene rings is 2. The lowest BCUT2D eigenvalue weighted by molar-refractivity contribution is -0.0918. The van der Waals surface area contributed by atoms with Gasteiger partial charge in [-0.15, -0.1) is 0 Å². The lowest BCUT2D eigenvalue weighted by atomic mass is 10.0. The molecule has 0 aromatic heterocycles. The van der Waals surface area contributed by atoms with Crippen molar-refractivity contribution < 1.29 is 9.84 Å². The summed E-state index contributed by atoms with van der Waals surface area (Å²) in [6, 6.07) is 20.2. The number of ether oxygens (including phenoxy) is 1. The van der Waals surface area contributed by atoms with Crippen molar-refractivity contribution in [2.24, 2.45) is 0 Å². The number of rotatable bonds is 4. The molecule has 0 aliphatic carbocycles. The van der Waals surface area contributed by atoms with Gasteiger partial charge in [-0.05, 0) is 11.1 Å². The van der Waals surface area contributed by atoms with Crippen LogP contribution in [0.1, 0.15) is 17.2 Å². The van der Waals surface area contributed by atoms with E-state index in [4.69, 9.17) is 4.74 Å². The van der Waals surface area contributed by atoms with Gasteiger partial charge in [-0.3, -0.25) is 4.90 Å². The summed E-state index contributed by atoms with van der Waals surface area (Å²) in [7, 11) is 0. The van der Waals surface area contributed by atoms with E-state index >= 15 is 0 Å². The number of aliphatic hydroxyl groups excluding tert-OH is 1. The second-order valence-corrected chi connectivity index (χ2v) is 5.49. The highest BCUT2D eigenvalue weighted by atomic mass is 16.5. The fraction of sp³-hybridized carbons (Fsp3) is 0.333. The summed E-state index contributed by atoms with van der Waals surface area (Å²) in [5.74, 6) is 0. The van der Waals surface area contributed by atoms with Crippen molar-refractivity contribution in [3.8, 4) is 0 Å². The van der Waals surface area contributed by atoms with Crippen LogP contribution in [0.5, 0.6) is 0 Å². The molecule has 3 rings (SSSR count). The van der Waals surface area contributed by atoms with Crippen LogP contribution in [-0.4, -0.2) is 35.8 Å². The summed E-state index contributed by atoms with van der Waals surface area (Å²) in [5, 5.41) is 10.5. The van der Waals surface area contributed by atoms with Gasteiger partial charge in [-0.25, -0.2) is 0 Å². The van der Waals surface area contributed by atoms with Crippen molar-refractivity contribution in [3.63, 3.8) is 0 Å². The third kappa shape index (κ3) is 3.70. The molecule has 0 saturated carbocycles. The van der Waals surface area contributed by atoms with Gasteiger partial charge in [0.1, 0.15) is 12.2 Å². The topological polar surface area (TPSA) is 32.7 Å². The normalized spacial score (nSPS) is 21.1. The molecule has 1 N–H and O–H groups in total. The lowest BCUT2D eigenvalue weighted by Gasteiger charge is -2.35. The van der Waals surface area contributed by atoms with Gasteiger partial charge >= 0.3 is 0 Å². The van der Waals surface area contributed by atoms with Gasteiger partial charge in [0.2, 0.25) is 0 Å². The summed E-state index contributed by atoms with van der Waals surface area (Å²) in [5.41, 5.74) is 2.22. The average Bonchev–Trinajstić information content (AvgIpc) is 2.56. The summed E-state index contributed by atoms with van der Waals surface area (Å²) in [6.07, 6.45) is -0.727. The summed E-state index contributed by atoms with van der Waals surface area (Å²) >= 11 is 0. The van der Waals surface area contributed by atoms with Crippen molar-refractivity contribution in [1.29, 1.82) is 0 Å². The van der Waals surface area contributed by atoms with Crippen molar-refractivity contribution in [2.45, 2.75) is 18.8 Å². The molecular weight excluding hydrogens is 262 g/mol. The quantitative estimate of drug-likeness (QED) is 0.936. The molecule has 2 aromatic rings. The van der Waals surface area contributed by atoms with E-state index in [1.165, 1.54) is 5.56 Å². The van der Waals surface area contributed by atoms with Crippen LogP contribution in [-0.2, 0) is 11.3 Å². The Morgan fingerprint density at radius 1 is 1.05 bits per heavy atom. The number of morpholine rings is 1. The molecule has 3 nitrogen and oxygen atoms in total. The second-order valence-electron chi connectivity index (χ2n) is 5.49. The number of nitrogens with zero attached hydrogens (tertiary/aromatic N) is 1. The highest BCUT2D eigenvalue weighted by Gasteiger charge is 2.27. The predicted octanol–water partition coefficient (Wildman–Crippen LogP) is 2.62. The van der Waals surface area contributed by atoms with E-state index in [1.54, 1.807) is 0 Å². The Morgan fingerprint density at radius 2 is 1.71 bits per heavy atom. The standard InChI is InChI=1S/C18H21NO2/c20-18(16-9-5-2-6-10-16)17-14-19(11-12-21-17)13-15-7-3-1-4-8-15/h1-10,17-18,20H,11-14H2. The van der Waals surface area contributed by atoms with Gasteiger partial charge in [-0.1, -0.05) is 60.7 Å². The highest BCUT2D eigenvalue weighted by molar-refractivity contribution is 5.19. The summed E-state index contributed by atoms with van der Waals surface area (Å²) in [6.45, 7) is 3.24. The molecule has 21 heavy (non-hydrogen) atoms. The first-order valence-electron chi connectivity index (χ1n) is 7.44. The van der Waals surface area contributed by atoms with Gasteiger partial charge in [-0.2, -0.15) is 0 Å². The fourth-order valence-electron chi connectivity index (χ4n) is 2.77. The Morgan fingerprint density at radius 3 is 2.43 bits per heavy atom. The number of hydrogen-bond acceptors (Lipinski definition) is 3. The zero-order valence-electron chi connectivity index (χ0n) is 12.1. The zero-order valence-corrected chi connectivity index (χ0v) is 12.1. The molecule has 1 saturated heterocycles. The first-order chi connectivity index (χ1) is 10.3. The first kappa shape index (κ1) is 14.3. The number of hydrogen-bond donors (Lipinski definition) is 1. The molecule has 2 unspecified atom stereocenters. The predicted molar refractivity (Wildman–Crippen MR) is 82.9 cm³/mol. The van der Waals surface area contributed by atoms with Crippen LogP contribution in [0.4, 0.5) is 0 Å². The summed E-state index contributed by atoms with van der Waals surface area (Å²) in [4.78, 5) is 2.34. The van der Waals surface area contributed by atoms with Crippen LogP contribution in [0.3, 0.4) is 0 Å². The van der Waals surface area contributed by atoms with E-state index in [-0.39, 0.29) is 6.10 Å². The second kappa shape index (κ2) is 6.85. The molecular formula is C18H21NO2. The Balaban J connectivity index is 1.63. The monoisotopic (exact) mass is 283 g/mol. The highest BCUT2D eigenvalue weighted by Crippen LogP contribution is 2.22. The maximum absolute atomic E-state index is 10.5. The van der Waals surface area contributed by atoms with E-state index in [0.717, 1.165) is 25.2 Å². The van der Waals surface area contributed by atoms with Crippen molar-refractivity contribution in [2.75, 3.05) is 19.7 Å². The van der Waals surface area contributed by atoms with Crippen molar-refractivity contribution in [3.05, 3.63) is 71.8 Å². The van der Waals surface area contributed by atoms with E-state index < -0.39 is 6.10 Å². The Kier molecular flexibility index (Phi) is 4.65. The molecule has 0 bridgehead atoms. The smallest absolute Gasteiger partial charge is 0.106 e. The lowest BCUT2D eigenvalue weighted by Crippen LogP contribution is -2.44. The molecule has 1 fully saturated rings. The van der Waals surface area contributed by atoms with Gasteiger partial charge in [0, 0.05) is 19.6 Å². The molecule has 2 aromatic carbocycles. The minimum atomic E-state index is -0.565. The fourth-order valence-corrected chi connectivity index (χ4v) is 2.77. The maximum Gasteiger partial charge on any atom is 0.106 e. The number of aliphatic hydroxyl groups is 1. The molecule has 1 heterocycles. The first-order valence-corrected chi connectivity index (χ1v) is 7.44. The molecule has 0 amide bonds. The van der Waals surface area contributed by atoms with Crippen molar-refractivity contribution in [1.82, 2.24) is 4.90 Å². The van der Waals surface area contributed by atoms with Gasteiger partial charge < -0.3 is 9.84 Å². The van der Waals surface area contributed by atoms with Gasteiger partial charge in [0.05, 0.1) is 6.61 Å². The Bertz CT molecular complexity index is 544. The molecule has 2 atom stereocenters. The SMILES string of the molecule is OC(c1ccccc1)C1CN(Cc2ccccc2)CCO1. The Hall–Kier alpha value is -1.68. The van der Waals surface area contributed by atoms with Crippen LogP contribution in [0.15, 0.2) is 60.7 Å². The van der Waals surface area contributed by atoms with Crippen LogP contribution in [0.25, 0.3) is 0 Å². The molecule has 0 spiro atoms. The van der Waals surface area contributed by atoms with Crippen LogP contribution >= 0.6 is 0 Å². The van der Waals surface area contributed by atoms with Crippen molar-refractivity contribution >= 4 is 0 Å². The largest absolute Gasteiger partial charge is 0.386 e. The molecule has 3 heteroatoms. The Labute approximate surface area is 125 Å². The molecule has 110 valence electrons. The van der Waals surface area contributed by atoms with E-state index in [1.807, 2.05) is 36.4 Å². The summed E-state index contributed by atoms with van der Waals surface area (Å²) < 4.78 is 5.77. The van der Waals surface area contributed by atoms with E-state index in [9.17, 15) is 5.11 Å². The van der Waals surface area contributed by atoms with Crippen LogP contribution < -0.4 is 0 Å². The minimum absolute atomic E-state index is 0.162. The third-order valence-electron chi connectivity index (χ3n) is 3.92. The molecule has 1 aliphatic rings. The third-order valence-corrected chi connectivity index (χ3v) is 3.92. The van der Waals surface area contributed by atoms with Gasteiger partial charge in [0.25, 0.3) is 0 Å². The molecule has 1 aliphatic heterocycles. The van der Waals surface area contributed by atoms with E-state index in [0.29, 0.717) is 6.61 Å².